The normalized spacial score (nSPS) is 12.9. The van der Waals surface area contributed by atoms with E-state index in [-0.39, 0.29) is 30.3 Å². The summed E-state index contributed by atoms with van der Waals surface area (Å²) in [5, 5.41) is 20.7. The molecule has 0 amide bonds. The molecule has 0 bridgehead atoms. The van der Waals surface area contributed by atoms with Crippen LogP contribution in [0.4, 0.5) is 0 Å². The molecule has 0 aliphatic rings. The molecule has 0 radical (unpaired) electrons. The van der Waals surface area contributed by atoms with E-state index in [1.807, 2.05) is 0 Å². The van der Waals surface area contributed by atoms with Crippen LogP contribution in [0, 0.1) is 11.8 Å². The van der Waals surface area contributed by atoms with E-state index in [2.05, 4.69) is 27.7 Å². The van der Waals surface area contributed by atoms with Crippen molar-refractivity contribution in [2.45, 2.75) is 79.1 Å². The molecule has 19 heavy (non-hydrogen) atoms. The molecule has 0 rings (SSSR count). The molecule has 0 heterocycles. The van der Waals surface area contributed by atoms with Crippen molar-refractivity contribution >= 4 is 0 Å². The zero-order valence-corrected chi connectivity index (χ0v) is 14.5. The first kappa shape index (κ1) is 24.5. The van der Waals surface area contributed by atoms with E-state index in [4.69, 9.17) is 0 Å². The molecule has 0 aromatic heterocycles. The second-order valence-electron chi connectivity index (χ2n) is 5.17. The second kappa shape index (κ2) is 20.8. The van der Waals surface area contributed by atoms with E-state index in [9.17, 15) is 10.2 Å². The van der Waals surface area contributed by atoms with Crippen molar-refractivity contribution in [2.75, 3.05) is 13.2 Å². The van der Waals surface area contributed by atoms with Crippen molar-refractivity contribution in [3.05, 3.63) is 0 Å². The molecular weight excluding hydrogens is 280 g/mol. The summed E-state index contributed by atoms with van der Waals surface area (Å²) in [6.45, 7) is 8.76. The Bertz CT molecular complexity index is 119. The van der Waals surface area contributed by atoms with Gasteiger partial charge in [0.25, 0.3) is 0 Å². The van der Waals surface area contributed by atoms with Gasteiger partial charge in [0.1, 0.15) is 0 Å². The van der Waals surface area contributed by atoms with E-state index in [1.165, 1.54) is 25.7 Å². The van der Waals surface area contributed by atoms with Crippen LogP contribution >= 0.6 is 0 Å². The van der Waals surface area contributed by atoms with Crippen LogP contribution < -0.4 is 10.2 Å². The third-order valence-electron chi connectivity index (χ3n) is 3.56. The van der Waals surface area contributed by atoms with E-state index in [0.717, 1.165) is 25.7 Å². The maximum atomic E-state index is 10.4. The summed E-state index contributed by atoms with van der Waals surface area (Å²) in [6.07, 6.45) is 9.27. The molecule has 0 spiro atoms. The van der Waals surface area contributed by atoms with Crippen LogP contribution in [-0.2, 0) is 17.1 Å². The van der Waals surface area contributed by atoms with Gasteiger partial charge in [0.05, 0.1) is 0 Å². The minimum atomic E-state index is 0. The summed E-state index contributed by atoms with van der Waals surface area (Å²) < 4.78 is 0. The Morgan fingerprint density at radius 3 is 1.16 bits per heavy atom. The predicted octanol–water partition coefficient (Wildman–Crippen LogP) is 3.12. The molecule has 0 aromatic carbocycles. The van der Waals surface area contributed by atoms with E-state index < -0.39 is 0 Å². The second-order valence-corrected chi connectivity index (χ2v) is 5.17. The van der Waals surface area contributed by atoms with Gasteiger partial charge in [-0.2, -0.15) is 0 Å². The largest absolute Gasteiger partial charge is 2.00 e. The summed E-state index contributed by atoms with van der Waals surface area (Å²) >= 11 is 0. The van der Waals surface area contributed by atoms with E-state index in [0.29, 0.717) is 11.8 Å². The summed E-state index contributed by atoms with van der Waals surface area (Å²) in [4.78, 5) is 0. The maximum Gasteiger partial charge on any atom is 2.00 e. The molecule has 118 valence electrons. The maximum absolute atomic E-state index is 10.4. The van der Waals surface area contributed by atoms with Gasteiger partial charge in [0.15, 0.2) is 0 Å². The van der Waals surface area contributed by atoms with Gasteiger partial charge in [-0.1, -0.05) is 90.9 Å². The Labute approximate surface area is 131 Å². The number of hydrogen-bond acceptors (Lipinski definition) is 2. The first-order valence-corrected chi connectivity index (χ1v) is 7.86. The van der Waals surface area contributed by atoms with Gasteiger partial charge in [-0.3, -0.25) is 0 Å². The van der Waals surface area contributed by atoms with Crippen molar-refractivity contribution in [1.82, 2.24) is 0 Å². The Morgan fingerprint density at radius 2 is 1.00 bits per heavy atom. The molecule has 3 heteroatoms. The van der Waals surface area contributed by atoms with Crippen molar-refractivity contribution in [1.29, 1.82) is 0 Å². The quantitative estimate of drug-likeness (QED) is 0.582. The summed E-state index contributed by atoms with van der Waals surface area (Å²) in [6, 6.07) is 0. The van der Waals surface area contributed by atoms with Crippen molar-refractivity contribution in [3.63, 3.8) is 0 Å². The Morgan fingerprint density at radius 1 is 0.684 bits per heavy atom. The van der Waals surface area contributed by atoms with Crippen molar-refractivity contribution < 1.29 is 27.3 Å². The molecule has 0 aliphatic carbocycles. The fraction of sp³-hybridized carbons (Fsp3) is 1.00. The molecular formula is C16H34FeO2. The van der Waals surface area contributed by atoms with Crippen LogP contribution in [0.15, 0.2) is 0 Å². The van der Waals surface area contributed by atoms with Crippen molar-refractivity contribution in [2.24, 2.45) is 11.8 Å². The summed E-state index contributed by atoms with van der Waals surface area (Å²) in [7, 11) is 0. The van der Waals surface area contributed by atoms with Gasteiger partial charge < -0.3 is 10.2 Å². The molecule has 0 saturated heterocycles. The monoisotopic (exact) mass is 314 g/mol. The van der Waals surface area contributed by atoms with Gasteiger partial charge >= 0.3 is 17.1 Å². The first-order chi connectivity index (χ1) is 8.69. The SMILES string of the molecule is CCCCC(CC)C[O-].CCCCC(CC)C[O-].[Fe+2]. The smallest absolute Gasteiger partial charge is 0.854 e. The third kappa shape index (κ3) is 18.4. The molecule has 2 nitrogen and oxygen atoms in total. The van der Waals surface area contributed by atoms with Crippen LogP contribution in [0.25, 0.3) is 0 Å². The molecule has 0 fully saturated rings. The summed E-state index contributed by atoms with van der Waals surface area (Å²) in [5.74, 6) is 0.898. The van der Waals surface area contributed by atoms with Gasteiger partial charge in [0, 0.05) is 0 Å². The summed E-state index contributed by atoms with van der Waals surface area (Å²) in [5.41, 5.74) is 0. The van der Waals surface area contributed by atoms with Gasteiger partial charge in [-0.25, -0.2) is 0 Å². The number of rotatable bonds is 10. The molecule has 0 saturated carbocycles. The fourth-order valence-electron chi connectivity index (χ4n) is 1.80. The average molecular weight is 314 g/mol. The molecule has 0 N–H and O–H groups in total. The third-order valence-corrected chi connectivity index (χ3v) is 3.56. The fourth-order valence-corrected chi connectivity index (χ4v) is 1.80. The number of hydrogen-bond donors (Lipinski definition) is 0. The van der Waals surface area contributed by atoms with Crippen LogP contribution in [0.1, 0.15) is 79.1 Å². The molecule has 0 aliphatic heterocycles. The van der Waals surface area contributed by atoms with Gasteiger partial charge in [-0.05, 0) is 0 Å². The Kier molecular flexibility index (Phi) is 26.7. The van der Waals surface area contributed by atoms with E-state index >= 15 is 0 Å². The first-order valence-electron chi connectivity index (χ1n) is 7.86. The van der Waals surface area contributed by atoms with Crippen molar-refractivity contribution in [3.8, 4) is 0 Å². The standard InChI is InChI=1S/2C8H17O.Fe/c2*1-3-5-6-8(4-2)7-9;/h2*8H,3-7H2,1-2H3;/q2*-1;+2. The Hall–Kier alpha value is 0.439. The topological polar surface area (TPSA) is 46.1 Å². The van der Waals surface area contributed by atoms with Crippen LogP contribution in [0.3, 0.4) is 0 Å². The van der Waals surface area contributed by atoms with Gasteiger partial charge in [0.2, 0.25) is 0 Å². The molecule has 2 unspecified atom stereocenters. The molecule has 2 atom stereocenters. The van der Waals surface area contributed by atoms with Crippen LogP contribution in [0.2, 0.25) is 0 Å². The molecule has 0 aromatic rings. The average Bonchev–Trinajstić information content (AvgIpc) is 2.42. The van der Waals surface area contributed by atoms with E-state index in [1.54, 1.807) is 0 Å². The van der Waals surface area contributed by atoms with Crippen LogP contribution in [-0.4, -0.2) is 13.2 Å². The van der Waals surface area contributed by atoms with Crippen LogP contribution in [0.5, 0.6) is 0 Å². The predicted molar refractivity (Wildman–Crippen MR) is 76.3 cm³/mol. The number of unbranched alkanes of at least 4 members (excludes halogenated alkanes) is 2. The Balaban J connectivity index is -0.000000256. The minimum absolute atomic E-state index is 0. The van der Waals surface area contributed by atoms with Gasteiger partial charge in [-0.15, -0.1) is 13.2 Å². The zero-order valence-electron chi connectivity index (χ0n) is 13.4. The zero-order chi connectivity index (χ0) is 14.2. The minimum Gasteiger partial charge on any atom is -0.854 e.